The maximum atomic E-state index is 6.56. The normalized spacial score (nSPS) is 17.3. The van der Waals surface area contributed by atoms with Gasteiger partial charge in [-0.25, -0.2) is 0 Å². The van der Waals surface area contributed by atoms with E-state index in [-0.39, 0.29) is 6.10 Å². The first-order chi connectivity index (χ1) is 13.2. The minimum Gasteiger partial charge on any atom is -0.488 e. The lowest BCUT2D eigenvalue weighted by atomic mass is 9.84. The molecule has 2 heteroatoms. The van der Waals surface area contributed by atoms with Gasteiger partial charge in [-0.15, -0.1) is 0 Å². The fourth-order valence-corrected chi connectivity index (χ4v) is 4.11. The highest BCUT2D eigenvalue weighted by Gasteiger charge is 2.34. The van der Waals surface area contributed by atoms with Crippen LogP contribution in [-0.2, 0) is 6.42 Å². The molecule has 0 bridgehead atoms. The number of rotatable bonds is 2. The van der Waals surface area contributed by atoms with Gasteiger partial charge in [-0.3, -0.25) is 0 Å². The summed E-state index contributed by atoms with van der Waals surface area (Å²) in [5.41, 5.74) is 8.56. The number of aryl methyl sites for hydroxylation is 2. The summed E-state index contributed by atoms with van der Waals surface area (Å²) in [7, 11) is 0. The van der Waals surface area contributed by atoms with Crippen molar-refractivity contribution < 1.29 is 9.47 Å². The first kappa shape index (κ1) is 16.2. The fourth-order valence-electron chi connectivity index (χ4n) is 4.11. The van der Waals surface area contributed by atoms with E-state index in [1.165, 1.54) is 27.8 Å². The SMILES string of the molecule is Cc1ccc2c(c1)OC(Cc1ccccc1)C1=C2COc2cc(C)ccc21. The van der Waals surface area contributed by atoms with E-state index >= 15 is 0 Å². The number of hydrogen-bond acceptors (Lipinski definition) is 2. The number of benzene rings is 3. The summed E-state index contributed by atoms with van der Waals surface area (Å²) >= 11 is 0. The van der Waals surface area contributed by atoms with Crippen LogP contribution in [0.2, 0.25) is 0 Å². The monoisotopic (exact) mass is 354 g/mol. The highest BCUT2D eigenvalue weighted by Crippen LogP contribution is 2.46. The van der Waals surface area contributed by atoms with E-state index in [0.717, 1.165) is 29.0 Å². The lowest BCUT2D eigenvalue weighted by molar-refractivity contribution is 0.248. The van der Waals surface area contributed by atoms with Gasteiger partial charge in [-0.05, 0) is 42.7 Å². The van der Waals surface area contributed by atoms with E-state index in [4.69, 9.17) is 9.47 Å². The van der Waals surface area contributed by atoms with Gasteiger partial charge in [0, 0.05) is 28.7 Å². The van der Waals surface area contributed by atoms with E-state index in [0.29, 0.717) is 6.61 Å². The van der Waals surface area contributed by atoms with Crippen molar-refractivity contribution in [1.82, 2.24) is 0 Å². The van der Waals surface area contributed by atoms with Crippen LogP contribution in [0.25, 0.3) is 11.1 Å². The minimum atomic E-state index is -0.0120. The average molecular weight is 354 g/mol. The molecule has 1 unspecified atom stereocenters. The molecule has 2 aliphatic heterocycles. The Kier molecular flexibility index (Phi) is 3.78. The molecule has 0 aromatic heterocycles. The molecule has 1 atom stereocenters. The topological polar surface area (TPSA) is 18.5 Å². The Morgan fingerprint density at radius 3 is 2.30 bits per heavy atom. The molecule has 3 aromatic carbocycles. The van der Waals surface area contributed by atoms with Crippen LogP contribution in [0.1, 0.15) is 27.8 Å². The molecule has 3 aromatic rings. The van der Waals surface area contributed by atoms with Crippen LogP contribution < -0.4 is 9.47 Å². The van der Waals surface area contributed by atoms with E-state index in [1.807, 2.05) is 0 Å². The second-order valence-corrected chi connectivity index (χ2v) is 7.48. The predicted octanol–water partition coefficient (Wildman–Crippen LogP) is 5.61. The Hall–Kier alpha value is -3.00. The van der Waals surface area contributed by atoms with Crippen LogP contribution in [0.5, 0.6) is 11.5 Å². The molecule has 0 saturated heterocycles. The molecule has 0 saturated carbocycles. The van der Waals surface area contributed by atoms with Crippen molar-refractivity contribution in [2.75, 3.05) is 6.61 Å². The highest BCUT2D eigenvalue weighted by molar-refractivity contribution is 5.99. The quantitative estimate of drug-likeness (QED) is 0.595. The molecule has 134 valence electrons. The molecule has 2 heterocycles. The summed E-state index contributed by atoms with van der Waals surface area (Å²) in [4.78, 5) is 0. The molecule has 5 rings (SSSR count). The van der Waals surface area contributed by atoms with Gasteiger partial charge in [0.25, 0.3) is 0 Å². The zero-order valence-electron chi connectivity index (χ0n) is 15.7. The number of ether oxygens (including phenoxy) is 2. The molecular weight excluding hydrogens is 332 g/mol. The summed E-state index contributed by atoms with van der Waals surface area (Å²) < 4.78 is 12.7. The van der Waals surface area contributed by atoms with E-state index in [1.54, 1.807) is 0 Å². The average Bonchev–Trinajstić information content (AvgIpc) is 2.68. The number of hydrogen-bond donors (Lipinski definition) is 0. The molecule has 2 nitrogen and oxygen atoms in total. The second kappa shape index (κ2) is 6.31. The lowest BCUT2D eigenvalue weighted by Crippen LogP contribution is -2.30. The van der Waals surface area contributed by atoms with Gasteiger partial charge < -0.3 is 9.47 Å². The van der Waals surface area contributed by atoms with E-state index < -0.39 is 0 Å². The van der Waals surface area contributed by atoms with E-state index in [2.05, 4.69) is 80.6 Å². The lowest BCUT2D eigenvalue weighted by Gasteiger charge is -2.35. The van der Waals surface area contributed by atoms with Gasteiger partial charge in [0.2, 0.25) is 0 Å². The van der Waals surface area contributed by atoms with Crippen LogP contribution in [0, 0.1) is 13.8 Å². The van der Waals surface area contributed by atoms with Gasteiger partial charge in [-0.1, -0.05) is 54.6 Å². The van der Waals surface area contributed by atoms with Gasteiger partial charge >= 0.3 is 0 Å². The Morgan fingerprint density at radius 2 is 1.52 bits per heavy atom. The van der Waals surface area contributed by atoms with Crippen molar-refractivity contribution in [3.8, 4) is 11.5 Å². The summed E-state index contributed by atoms with van der Waals surface area (Å²) in [5, 5.41) is 0. The Balaban J connectivity index is 1.68. The van der Waals surface area contributed by atoms with Crippen LogP contribution in [-0.4, -0.2) is 12.7 Å². The maximum absolute atomic E-state index is 6.56. The zero-order chi connectivity index (χ0) is 18.4. The summed E-state index contributed by atoms with van der Waals surface area (Å²) in [5.74, 6) is 1.93. The third-order valence-corrected chi connectivity index (χ3v) is 5.44. The Labute approximate surface area is 160 Å². The van der Waals surface area contributed by atoms with Crippen molar-refractivity contribution in [2.24, 2.45) is 0 Å². The summed E-state index contributed by atoms with van der Waals surface area (Å²) in [6.45, 7) is 4.80. The van der Waals surface area contributed by atoms with Gasteiger partial charge in [0.1, 0.15) is 24.2 Å². The van der Waals surface area contributed by atoms with Crippen molar-refractivity contribution in [3.63, 3.8) is 0 Å². The van der Waals surface area contributed by atoms with Crippen molar-refractivity contribution in [1.29, 1.82) is 0 Å². The first-order valence-corrected chi connectivity index (χ1v) is 9.47. The predicted molar refractivity (Wildman–Crippen MR) is 109 cm³/mol. The standard InChI is InChI=1S/C25H22O2/c1-16-9-11-20-22(12-16)26-15-21-19-10-8-17(2)13-23(19)27-24(25(20)21)14-18-6-4-3-5-7-18/h3-13,24H,14-15H2,1-2H3. The van der Waals surface area contributed by atoms with Gasteiger partial charge in [0.15, 0.2) is 0 Å². The zero-order valence-corrected chi connectivity index (χ0v) is 15.7. The molecule has 27 heavy (non-hydrogen) atoms. The van der Waals surface area contributed by atoms with Crippen LogP contribution in [0.4, 0.5) is 0 Å². The smallest absolute Gasteiger partial charge is 0.129 e. The van der Waals surface area contributed by atoms with Crippen molar-refractivity contribution >= 4 is 11.1 Å². The third-order valence-electron chi connectivity index (χ3n) is 5.44. The van der Waals surface area contributed by atoms with Gasteiger partial charge in [0.05, 0.1) is 0 Å². The third kappa shape index (κ3) is 2.82. The Morgan fingerprint density at radius 1 is 0.815 bits per heavy atom. The summed E-state index contributed by atoms with van der Waals surface area (Å²) in [6, 6.07) is 23.5. The molecule has 2 aliphatic rings. The Bertz CT molecular complexity index is 1050. The minimum absolute atomic E-state index is 0.0120. The molecule has 0 N–H and O–H groups in total. The highest BCUT2D eigenvalue weighted by atomic mass is 16.5. The summed E-state index contributed by atoms with van der Waals surface area (Å²) in [6.07, 6.45) is 0.836. The first-order valence-electron chi connectivity index (χ1n) is 9.47. The van der Waals surface area contributed by atoms with Crippen molar-refractivity contribution in [2.45, 2.75) is 26.4 Å². The van der Waals surface area contributed by atoms with Crippen molar-refractivity contribution in [3.05, 3.63) is 94.5 Å². The molecular formula is C25H22O2. The van der Waals surface area contributed by atoms with Crippen LogP contribution in [0.3, 0.4) is 0 Å². The second-order valence-electron chi connectivity index (χ2n) is 7.48. The number of fused-ring (bicyclic) bond motifs is 4. The fraction of sp³-hybridized carbons (Fsp3) is 0.200. The maximum Gasteiger partial charge on any atom is 0.129 e. The van der Waals surface area contributed by atoms with Gasteiger partial charge in [-0.2, -0.15) is 0 Å². The van der Waals surface area contributed by atoms with Crippen LogP contribution >= 0.6 is 0 Å². The van der Waals surface area contributed by atoms with Crippen LogP contribution in [0.15, 0.2) is 66.7 Å². The molecule has 0 radical (unpaired) electrons. The molecule has 0 amide bonds. The largest absolute Gasteiger partial charge is 0.488 e. The molecule has 0 aliphatic carbocycles. The van der Waals surface area contributed by atoms with E-state index in [9.17, 15) is 0 Å². The molecule has 0 spiro atoms. The molecule has 0 fully saturated rings.